The van der Waals surface area contributed by atoms with Gasteiger partial charge in [-0.15, -0.1) is 0 Å². The van der Waals surface area contributed by atoms with E-state index in [1.165, 1.54) is 6.42 Å². The summed E-state index contributed by atoms with van der Waals surface area (Å²) in [6.07, 6.45) is 4.86. The van der Waals surface area contributed by atoms with Gasteiger partial charge in [-0.05, 0) is 43.7 Å². The van der Waals surface area contributed by atoms with Gasteiger partial charge in [-0.25, -0.2) is 0 Å². The van der Waals surface area contributed by atoms with Crippen LogP contribution in [0.15, 0.2) is 16.5 Å². The van der Waals surface area contributed by atoms with Gasteiger partial charge in [0.15, 0.2) is 0 Å². The van der Waals surface area contributed by atoms with Gasteiger partial charge in [0.1, 0.15) is 11.5 Å². The van der Waals surface area contributed by atoms with E-state index >= 15 is 0 Å². The maximum absolute atomic E-state index is 11.0. The van der Waals surface area contributed by atoms with Crippen LogP contribution in [0.4, 0.5) is 0 Å². The zero-order valence-corrected chi connectivity index (χ0v) is 12.0. The van der Waals surface area contributed by atoms with Gasteiger partial charge in [-0.3, -0.25) is 4.79 Å². The molecule has 3 rings (SSSR count). The van der Waals surface area contributed by atoms with Crippen LogP contribution in [0.2, 0.25) is 0 Å². The summed E-state index contributed by atoms with van der Waals surface area (Å²) >= 11 is 0. The monoisotopic (exact) mass is 277 g/mol. The van der Waals surface area contributed by atoms with Gasteiger partial charge >= 0.3 is 5.97 Å². The molecule has 0 aromatic carbocycles. The van der Waals surface area contributed by atoms with Crippen molar-refractivity contribution in [2.45, 2.75) is 57.5 Å². The number of carboxylic acid groups (broad SMARTS) is 1. The third-order valence-corrected chi connectivity index (χ3v) is 4.75. The van der Waals surface area contributed by atoms with E-state index in [1.54, 1.807) is 0 Å². The average Bonchev–Trinajstić information content (AvgIpc) is 3.00. The second-order valence-electron chi connectivity index (χ2n) is 6.40. The van der Waals surface area contributed by atoms with Crippen molar-refractivity contribution in [1.29, 1.82) is 0 Å². The van der Waals surface area contributed by atoms with Crippen LogP contribution in [0.25, 0.3) is 0 Å². The van der Waals surface area contributed by atoms with E-state index in [2.05, 4.69) is 18.3 Å². The molecule has 2 N–H and O–H groups in total. The number of furan rings is 1. The third kappa shape index (κ3) is 3.06. The minimum absolute atomic E-state index is 0.180. The summed E-state index contributed by atoms with van der Waals surface area (Å²) < 4.78 is 5.86. The lowest BCUT2D eigenvalue weighted by molar-refractivity contribution is -0.143. The van der Waals surface area contributed by atoms with Crippen molar-refractivity contribution in [2.75, 3.05) is 0 Å². The number of hydrogen-bond donors (Lipinski definition) is 2. The normalized spacial score (nSPS) is 33.0. The molecule has 2 saturated carbocycles. The summed E-state index contributed by atoms with van der Waals surface area (Å²) in [4.78, 5) is 11.0. The molecule has 2 aliphatic rings. The summed E-state index contributed by atoms with van der Waals surface area (Å²) in [6, 6.07) is 4.44. The highest BCUT2D eigenvalue weighted by Crippen LogP contribution is 2.47. The van der Waals surface area contributed by atoms with Gasteiger partial charge in [-0.1, -0.05) is 13.3 Å². The first-order valence-corrected chi connectivity index (χ1v) is 7.68. The smallest absolute Gasteiger partial charge is 0.306 e. The molecular formula is C16H23NO3. The van der Waals surface area contributed by atoms with Crippen LogP contribution in [-0.2, 0) is 11.3 Å². The molecule has 0 amide bonds. The zero-order chi connectivity index (χ0) is 14.1. The molecule has 0 bridgehead atoms. The first-order chi connectivity index (χ1) is 9.63. The quantitative estimate of drug-likeness (QED) is 0.868. The Morgan fingerprint density at radius 3 is 2.90 bits per heavy atom. The number of nitrogens with one attached hydrogen (secondary N) is 1. The Hall–Kier alpha value is -1.29. The number of carboxylic acids is 1. The van der Waals surface area contributed by atoms with E-state index in [4.69, 9.17) is 9.52 Å². The van der Waals surface area contributed by atoms with Gasteiger partial charge in [0, 0.05) is 12.0 Å². The summed E-state index contributed by atoms with van der Waals surface area (Å²) in [5.41, 5.74) is 0. The predicted octanol–water partition coefficient (Wildman–Crippen LogP) is 3.14. The Kier molecular flexibility index (Phi) is 3.83. The Morgan fingerprint density at radius 1 is 1.40 bits per heavy atom. The van der Waals surface area contributed by atoms with Crippen LogP contribution in [0.3, 0.4) is 0 Å². The minimum Gasteiger partial charge on any atom is -0.481 e. The fourth-order valence-electron chi connectivity index (χ4n) is 3.25. The molecule has 1 heterocycles. The molecule has 0 aliphatic heterocycles. The van der Waals surface area contributed by atoms with Crippen molar-refractivity contribution in [2.24, 2.45) is 11.8 Å². The number of rotatable bonds is 5. The summed E-state index contributed by atoms with van der Waals surface area (Å²) in [6.45, 7) is 2.96. The number of hydrogen-bond acceptors (Lipinski definition) is 3. The zero-order valence-electron chi connectivity index (χ0n) is 12.0. The van der Waals surface area contributed by atoms with Crippen molar-refractivity contribution < 1.29 is 14.3 Å². The number of aliphatic carboxylic acids is 1. The molecule has 2 fully saturated rings. The van der Waals surface area contributed by atoms with E-state index in [0.29, 0.717) is 18.5 Å². The molecule has 1 aromatic rings. The van der Waals surface area contributed by atoms with Crippen LogP contribution in [0.1, 0.15) is 56.5 Å². The SMILES string of the molecule is CC1CC1c1ccc(CNC2CCCC(C(=O)O)C2)o1. The highest BCUT2D eigenvalue weighted by atomic mass is 16.4. The van der Waals surface area contributed by atoms with Crippen molar-refractivity contribution in [3.63, 3.8) is 0 Å². The van der Waals surface area contributed by atoms with Crippen molar-refractivity contribution in [1.82, 2.24) is 5.32 Å². The summed E-state index contributed by atoms with van der Waals surface area (Å²) in [5, 5.41) is 12.5. The van der Waals surface area contributed by atoms with Gasteiger partial charge < -0.3 is 14.8 Å². The van der Waals surface area contributed by atoms with Crippen LogP contribution in [0, 0.1) is 11.8 Å². The van der Waals surface area contributed by atoms with Gasteiger partial charge in [0.2, 0.25) is 0 Å². The van der Waals surface area contributed by atoms with Gasteiger partial charge in [0.05, 0.1) is 12.5 Å². The summed E-state index contributed by atoms with van der Waals surface area (Å²) in [5.74, 6) is 2.63. The molecule has 20 heavy (non-hydrogen) atoms. The molecule has 0 radical (unpaired) electrons. The van der Waals surface area contributed by atoms with Gasteiger partial charge in [0.25, 0.3) is 0 Å². The minimum atomic E-state index is -0.653. The van der Waals surface area contributed by atoms with Crippen LogP contribution in [-0.4, -0.2) is 17.1 Å². The van der Waals surface area contributed by atoms with Crippen LogP contribution >= 0.6 is 0 Å². The molecule has 4 atom stereocenters. The molecule has 4 nitrogen and oxygen atoms in total. The van der Waals surface area contributed by atoms with E-state index in [-0.39, 0.29) is 5.92 Å². The number of carbonyl (C=O) groups is 1. The highest BCUT2D eigenvalue weighted by molar-refractivity contribution is 5.70. The van der Waals surface area contributed by atoms with Gasteiger partial charge in [-0.2, -0.15) is 0 Å². The van der Waals surface area contributed by atoms with E-state index in [1.807, 2.05) is 6.07 Å². The van der Waals surface area contributed by atoms with Crippen molar-refractivity contribution >= 4 is 5.97 Å². The Bertz CT molecular complexity index is 482. The lowest BCUT2D eigenvalue weighted by Crippen LogP contribution is -2.35. The molecule has 0 spiro atoms. The van der Waals surface area contributed by atoms with Crippen molar-refractivity contribution in [3.8, 4) is 0 Å². The molecule has 0 saturated heterocycles. The van der Waals surface area contributed by atoms with Crippen molar-refractivity contribution in [3.05, 3.63) is 23.7 Å². The largest absolute Gasteiger partial charge is 0.481 e. The molecule has 4 unspecified atom stereocenters. The Balaban J connectivity index is 1.49. The second-order valence-corrected chi connectivity index (χ2v) is 6.40. The van der Waals surface area contributed by atoms with Crippen LogP contribution in [0.5, 0.6) is 0 Å². The average molecular weight is 277 g/mol. The lowest BCUT2D eigenvalue weighted by Gasteiger charge is -2.27. The maximum Gasteiger partial charge on any atom is 0.306 e. The Labute approximate surface area is 119 Å². The fraction of sp³-hybridized carbons (Fsp3) is 0.688. The Morgan fingerprint density at radius 2 is 2.20 bits per heavy atom. The first kappa shape index (κ1) is 13.7. The lowest BCUT2D eigenvalue weighted by atomic mass is 9.86. The highest BCUT2D eigenvalue weighted by Gasteiger charge is 2.36. The van der Waals surface area contributed by atoms with E-state index in [9.17, 15) is 4.79 Å². The molecule has 110 valence electrons. The van der Waals surface area contributed by atoms with E-state index < -0.39 is 5.97 Å². The molecular weight excluding hydrogens is 254 g/mol. The topological polar surface area (TPSA) is 62.5 Å². The van der Waals surface area contributed by atoms with E-state index in [0.717, 1.165) is 43.1 Å². The standard InChI is InChI=1S/C16H23NO3/c1-10-7-14(10)15-6-5-13(20-15)9-17-12-4-2-3-11(8-12)16(18)19/h5-6,10-12,14,17H,2-4,7-9H2,1H3,(H,18,19). The third-order valence-electron chi connectivity index (χ3n) is 4.75. The molecule has 2 aliphatic carbocycles. The van der Waals surface area contributed by atoms with Crippen LogP contribution < -0.4 is 5.32 Å². The molecule has 1 aromatic heterocycles. The summed E-state index contributed by atoms with van der Waals surface area (Å²) in [7, 11) is 0. The first-order valence-electron chi connectivity index (χ1n) is 7.68. The predicted molar refractivity (Wildman–Crippen MR) is 75.5 cm³/mol. The molecule has 4 heteroatoms. The second kappa shape index (κ2) is 5.60. The fourth-order valence-corrected chi connectivity index (χ4v) is 3.25. The maximum atomic E-state index is 11.0.